The fourth-order valence-corrected chi connectivity index (χ4v) is 3.32. The van der Waals surface area contributed by atoms with E-state index in [1.54, 1.807) is 6.20 Å². The van der Waals surface area contributed by atoms with Crippen molar-refractivity contribution in [1.82, 2.24) is 19.5 Å². The monoisotopic (exact) mass is 393 g/mol. The quantitative estimate of drug-likeness (QED) is 0.516. The van der Waals surface area contributed by atoms with Crippen molar-refractivity contribution in [3.05, 3.63) is 71.9 Å². The number of carbonyl (C=O) groups is 1. The Balaban J connectivity index is 1.60. The van der Waals surface area contributed by atoms with Gasteiger partial charge in [-0.1, -0.05) is 22.8 Å². The van der Waals surface area contributed by atoms with Gasteiger partial charge in [0.2, 0.25) is 0 Å². The summed E-state index contributed by atoms with van der Waals surface area (Å²) in [5, 5.41) is 3.84. The molecule has 0 fully saturated rings. The number of nitrogens with zero attached hydrogens (tertiary/aromatic N) is 4. The second kappa shape index (κ2) is 7.48. The van der Waals surface area contributed by atoms with Gasteiger partial charge in [0.1, 0.15) is 11.6 Å². The van der Waals surface area contributed by atoms with Crippen LogP contribution in [0.5, 0.6) is 0 Å². The van der Waals surface area contributed by atoms with Crippen LogP contribution in [0.4, 0.5) is 5.82 Å². The van der Waals surface area contributed by atoms with Gasteiger partial charge in [0.25, 0.3) is 5.91 Å². The number of carbonyl (C=O) groups excluding carboxylic acids is 1. The van der Waals surface area contributed by atoms with Crippen molar-refractivity contribution in [2.45, 2.75) is 12.0 Å². The second-order valence-corrected chi connectivity index (χ2v) is 8.52. The van der Waals surface area contributed by atoms with Gasteiger partial charge in [-0.25, -0.2) is 9.97 Å². The highest BCUT2D eigenvalue weighted by molar-refractivity contribution is 6.58. The van der Waals surface area contributed by atoms with E-state index >= 15 is 0 Å². The third kappa shape index (κ3) is 3.88. The first-order valence-corrected chi connectivity index (χ1v) is 9.89. The molecule has 0 aliphatic heterocycles. The summed E-state index contributed by atoms with van der Waals surface area (Å²) in [6.07, 6.45) is 5.32. The van der Waals surface area contributed by atoms with E-state index in [2.05, 4.69) is 43.8 Å². The molecule has 1 amide bonds. The van der Waals surface area contributed by atoms with Crippen molar-refractivity contribution in [1.29, 1.82) is 0 Å². The topological polar surface area (TPSA) is 72.7 Å². The Morgan fingerprint density at radius 1 is 1.00 bits per heavy atom. The highest BCUT2D eigenvalue weighted by atomic mass is 16.1. The number of anilines is 1. The number of hydrogen-bond donors (Lipinski definition) is 1. The summed E-state index contributed by atoms with van der Waals surface area (Å²) in [6.45, 7) is 1.96. The summed E-state index contributed by atoms with van der Waals surface area (Å²) in [6, 6.07) is 11.6. The molecule has 146 valence electrons. The lowest BCUT2D eigenvalue weighted by atomic mass is 9.40. The van der Waals surface area contributed by atoms with Crippen LogP contribution in [0.25, 0.3) is 22.2 Å². The Morgan fingerprint density at radius 3 is 2.37 bits per heavy atom. The maximum Gasteiger partial charge on any atom is 0.256 e. The van der Waals surface area contributed by atoms with Crippen molar-refractivity contribution >= 4 is 46.2 Å². The minimum absolute atomic E-state index is 0.0476. The first kappa shape index (κ1) is 19.9. The van der Waals surface area contributed by atoms with Gasteiger partial charge in [0, 0.05) is 29.8 Å². The standard InChI is InChI=1S/C21H22B3N5O/c1-12-25-11-18(29(12)2)15-7-14-8-19(27-10-17(14)26-9-15)28-20(30)13-3-5-16(6-4-13)21(22,23)24/h3-11H,22-24H2,1-2H3,(H,27,28,30). The molecule has 4 rings (SSSR count). The van der Waals surface area contributed by atoms with Crippen LogP contribution in [0.2, 0.25) is 0 Å². The molecule has 0 aliphatic carbocycles. The molecule has 0 unspecified atom stereocenters. The fraction of sp³-hybridized carbons (Fsp3) is 0.143. The number of fused-ring (bicyclic) bond motifs is 1. The predicted molar refractivity (Wildman–Crippen MR) is 128 cm³/mol. The molecule has 0 bridgehead atoms. The molecule has 0 saturated carbocycles. The lowest BCUT2D eigenvalue weighted by molar-refractivity contribution is 0.102. The molecule has 0 aliphatic rings. The maximum atomic E-state index is 12.7. The van der Waals surface area contributed by atoms with Crippen LogP contribution in [-0.4, -0.2) is 49.0 Å². The van der Waals surface area contributed by atoms with Crippen molar-refractivity contribution in [3.63, 3.8) is 0 Å². The normalized spacial score (nSPS) is 11.5. The second-order valence-electron chi connectivity index (χ2n) is 8.52. The van der Waals surface area contributed by atoms with E-state index in [4.69, 9.17) is 0 Å². The zero-order valence-electron chi connectivity index (χ0n) is 17.9. The van der Waals surface area contributed by atoms with Crippen molar-refractivity contribution < 1.29 is 4.79 Å². The summed E-state index contributed by atoms with van der Waals surface area (Å²) in [5.41, 5.74) is 4.51. The molecule has 9 heteroatoms. The van der Waals surface area contributed by atoms with Crippen molar-refractivity contribution in [2.24, 2.45) is 7.05 Å². The third-order valence-electron chi connectivity index (χ3n) is 5.34. The van der Waals surface area contributed by atoms with Crippen molar-refractivity contribution in [3.8, 4) is 11.3 Å². The maximum absolute atomic E-state index is 12.7. The predicted octanol–water partition coefficient (Wildman–Crippen LogP) is 0.601. The van der Waals surface area contributed by atoms with Gasteiger partial charge >= 0.3 is 0 Å². The first-order chi connectivity index (χ1) is 14.2. The van der Waals surface area contributed by atoms with E-state index in [0.29, 0.717) is 11.4 Å². The Bertz CT molecular complexity index is 1250. The zero-order chi connectivity index (χ0) is 21.5. The molecule has 4 aromatic rings. The van der Waals surface area contributed by atoms with E-state index < -0.39 is 0 Å². The lowest BCUT2D eigenvalue weighted by Gasteiger charge is -2.18. The Morgan fingerprint density at radius 2 is 1.73 bits per heavy atom. The van der Waals surface area contributed by atoms with Crippen LogP contribution in [0.1, 0.15) is 21.7 Å². The average molecular weight is 393 g/mol. The van der Waals surface area contributed by atoms with Gasteiger partial charge in [-0.3, -0.25) is 9.78 Å². The Kier molecular flexibility index (Phi) is 4.98. The molecule has 6 nitrogen and oxygen atoms in total. The molecule has 0 saturated heterocycles. The summed E-state index contributed by atoms with van der Waals surface area (Å²) in [4.78, 5) is 25.9. The van der Waals surface area contributed by atoms with Crippen LogP contribution in [0, 0.1) is 6.92 Å². The molecule has 3 heterocycles. The molecule has 3 aromatic heterocycles. The molecular weight excluding hydrogens is 371 g/mol. The van der Waals surface area contributed by atoms with E-state index in [1.165, 1.54) is 5.56 Å². The highest BCUT2D eigenvalue weighted by Gasteiger charge is 2.15. The molecule has 1 aromatic carbocycles. The van der Waals surface area contributed by atoms with Crippen LogP contribution >= 0.6 is 0 Å². The number of rotatable bonds is 4. The van der Waals surface area contributed by atoms with Gasteiger partial charge in [-0.05, 0) is 31.2 Å². The fourth-order valence-electron chi connectivity index (χ4n) is 3.32. The highest BCUT2D eigenvalue weighted by Crippen LogP contribution is 2.24. The summed E-state index contributed by atoms with van der Waals surface area (Å²) in [7, 11) is 8.42. The Hall–Kier alpha value is -3.35. The van der Waals surface area contributed by atoms with Crippen LogP contribution in [0.3, 0.4) is 0 Å². The lowest BCUT2D eigenvalue weighted by Crippen LogP contribution is -2.27. The number of benzene rings is 1. The number of pyridine rings is 2. The number of hydrogen-bond acceptors (Lipinski definition) is 4. The van der Waals surface area contributed by atoms with Crippen LogP contribution < -0.4 is 5.32 Å². The van der Waals surface area contributed by atoms with Crippen molar-refractivity contribution in [2.75, 3.05) is 5.32 Å². The molecule has 0 radical (unpaired) electrons. The number of amides is 1. The SMILES string of the molecule is BC(B)(B)c1ccc(C(=O)Nc2cc3cc(-c4cnc(C)n4C)cnc3cn2)cc1. The average Bonchev–Trinajstić information content (AvgIpc) is 3.05. The summed E-state index contributed by atoms with van der Waals surface area (Å²) >= 11 is 0. The molecule has 30 heavy (non-hydrogen) atoms. The van der Waals surface area contributed by atoms with E-state index in [0.717, 1.165) is 28.0 Å². The molecule has 0 atom stereocenters. The summed E-state index contributed by atoms with van der Waals surface area (Å²) < 4.78 is 2.02. The molecule has 1 N–H and O–H groups in total. The number of imidazole rings is 1. The number of nitrogens with one attached hydrogen (secondary N) is 1. The van der Waals surface area contributed by atoms with Gasteiger partial charge in [0.15, 0.2) is 0 Å². The van der Waals surface area contributed by atoms with Gasteiger partial charge in [0.05, 0.1) is 47.1 Å². The minimum Gasteiger partial charge on any atom is -0.331 e. The minimum atomic E-state index is -0.186. The van der Waals surface area contributed by atoms with Gasteiger partial charge in [-0.2, -0.15) is 0 Å². The number of aromatic nitrogens is 4. The Labute approximate surface area is 178 Å². The van der Waals surface area contributed by atoms with E-state index in [9.17, 15) is 4.79 Å². The molecule has 0 spiro atoms. The van der Waals surface area contributed by atoms with Crippen LogP contribution in [0.15, 0.2) is 55.0 Å². The van der Waals surface area contributed by atoms with E-state index in [1.807, 2.05) is 67.3 Å². The molecular formula is C21H22B3N5O. The van der Waals surface area contributed by atoms with Gasteiger partial charge in [-0.15, -0.1) is 0 Å². The van der Waals surface area contributed by atoms with Gasteiger partial charge < -0.3 is 9.88 Å². The third-order valence-corrected chi connectivity index (χ3v) is 5.34. The number of aryl methyl sites for hydroxylation is 1. The first-order valence-electron chi connectivity index (χ1n) is 9.89. The zero-order valence-corrected chi connectivity index (χ0v) is 17.9. The summed E-state index contributed by atoms with van der Waals surface area (Å²) in [5.74, 6) is 1.24. The smallest absolute Gasteiger partial charge is 0.256 e. The van der Waals surface area contributed by atoms with E-state index in [-0.39, 0.29) is 11.0 Å². The van der Waals surface area contributed by atoms with Crippen LogP contribution in [-0.2, 0) is 12.2 Å². The largest absolute Gasteiger partial charge is 0.331 e.